The second-order valence-corrected chi connectivity index (χ2v) is 7.01. The highest BCUT2D eigenvalue weighted by Gasteiger charge is 2.13. The average Bonchev–Trinajstić information content (AvgIpc) is 2.71. The minimum Gasteiger partial charge on any atom is -0.492 e. The number of fused-ring (bicyclic) bond motifs is 1. The molecule has 28 heavy (non-hydrogen) atoms. The van der Waals surface area contributed by atoms with Crippen molar-refractivity contribution in [3.63, 3.8) is 0 Å². The van der Waals surface area contributed by atoms with Crippen LogP contribution in [0.2, 0.25) is 5.02 Å². The number of benzene rings is 3. The van der Waals surface area contributed by atoms with E-state index >= 15 is 0 Å². The van der Waals surface area contributed by atoms with E-state index in [1.807, 2.05) is 61.5 Å². The first-order chi connectivity index (χ1) is 13.6. The predicted molar refractivity (Wildman–Crippen MR) is 113 cm³/mol. The molecule has 0 amide bonds. The zero-order valence-corrected chi connectivity index (χ0v) is 16.2. The molecule has 4 rings (SSSR count). The third-order valence-electron chi connectivity index (χ3n) is 4.57. The van der Waals surface area contributed by atoms with Gasteiger partial charge >= 0.3 is 0 Å². The van der Waals surface area contributed by atoms with Crippen LogP contribution in [0.1, 0.15) is 5.56 Å². The van der Waals surface area contributed by atoms with E-state index in [0.29, 0.717) is 34.9 Å². The van der Waals surface area contributed by atoms with Crippen LogP contribution in [0.3, 0.4) is 0 Å². The molecule has 0 N–H and O–H groups in total. The van der Waals surface area contributed by atoms with Crippen molar-refractivity contribution in [2.45, 2.75) is 13.5 Å². The molecule has 0 unspecified atom stereocenters. The van der Waals surface area contributed by atoms with E-state index in [1.54, 1.807) is 22.8 Å². The molecule has 0 aliphatic carbocycles. The van der Waals surface area contributed by atoms with E-state index in [4.69, 9.17) is 21.3 Å². The summed E-state index contributed by atoms with van der Waals surface area (Å²) in [4.78, 5) is 17.9. The number of hydrogen-bond acceptors (Lipinski definition) is 3. The lowest BCUT2D eigenvalue weighted by Gasteiger charge is -2.14. The topological polar surface area (TPSA) is 44.1 Å². The fourth-order valence-corrected chi connectivity index (χ4v) is 3.21. The first-order valence-electron chi connectivity index (χ1n) is 9.07. The van der Waals surface area contributed by atoms with E-state index in [1.165, 1.54) is 5.56 Å². The van der Waals surface area contributed by atoms with Crippen molar-refractivity contribution in [2.24, 2.45) is 0 Å². The highest BCUT2D eigenvalue weighted by Crippen LogP contribution is 2.21. The number of ether oxygens (including phenoxy) is 1. The highest BCUT2D eigenvalue weighted by atomic mass is 35.5. The molecule has 0 aliphatic heterocycles. The standard InChI is InChI=1S/C23H19ClN2O2/c1-16-6-12-19(13-7-16)28-15-14-26-22(17-8-10-18(24)11-9-17)25-21-5-3-2-4-20(21)23(26)27/h2-13H,14-15H2,1H3. The Bertz CT molecular complexity index is 1170. The van der Waals surface area contributed by atoms with Crippen molar-refractivity contribution >= 4 is 22.5 Å². The summed E-state index contributed by atoms with van der Waals surface area (Å²) in [5.41, 5.74) is 2.60. The summed E-state index contributed by atoms with van der Waals surface area (Å²) in [6.07, 6.45) is 0. The lowest BCUT2D eigenvalue weighted by atomic mass is 10.2. The second-order valence-electron chi connectivity index (χ2n) is 6.58. The zero-order valence-electron chi connectivity index (χ0n) is 15.4. The summed E-state index contributed by atoms with van der Waals surface area (Å²) in [6.45, 7) is 2.79. The van der Waals surface area contributed by atoms with Crippen molar-refractivity contribution in [2.75, 3.05) is 6.61 Å². The minimum atomic E-state index is -0.0805. The lowest BCUT2D eigenvalue weighted by Crippen LogP contribution is -2.26. The van der Waals surface area contributed by atoms with Gasteiger partial charge in [0, 0.05) is 10.6 Å². The molecule has 0 atom stereocenters. The van der Waals surface area contributed by atoms with Crippen LogP contribution in [0.25, 0.3) is 22.3 Å². The van der Waals surface area contributed by atoms with Crippen LogP contribution in [0, 0.1) is 6.92 Å². The van der Waals surface area contributed by atoms with Gasteiger partial charge in [0.25, 0.3) is 5.56 Å². The van der Waals surface area contributed by atoms with Gasteiger partial charge in [-0.3, -0.25) is 9.36 Å². The third kappa shape index (κ3) is 3.78. The van der Waals surface area contributed by atoms with E-state index in [-0.39, 0.29) is 5.56 Å². The third-order valence-corrected chi connectivity index (χ3v) is 4.82. The van der Waals surface area contributed by atoms with Gasteiger partial charge in [-0.2, -0.15) is 0 Å². The largest absolute Gasteiger partial charge is 0.492 e. The van der Waals surface area contributed by atoms with Crippen LogP contribution in [-0.2, 0) is 6.54 Å². The maximum absolute atomic E-state index is 13.1. The molecule has 0 spiro atoms. The van der Waals surface area contributed by atoms with Gasteiger partial charge in [-0.15, -0.1) is 0 Å². The van der Waals surface area contributed by atoms with Crippen LogP contribution in [-0.4, -0.2) is 16.2 Å². The molecule has 1 heterocycles. The Morgan fingerprint density at radius 1 is 0.964 bits per heavy atom. The average molecular weight is 391 g/mol. The summed E-state index contributed by atoms with van der Waals surface area (Å²) in [7, 11) is 0. The minimum absolute atomic E-state index is 0.0805. The summed E-state index contributed by atoms with van der Waals surface area (Å²) in [5.74, 6) is 1.38. The molecule has 0 bridgehead atoms. The van der Waals surface area contributed by atoms with Crippen LogP contribution >= 0.6 is 11.6 Å². The summed E-state index contributed by atoms with van der Waals surface area (Å²) < 4.78 is 7.50. The molecule has 3 aromatic carbocycles. The second kappa shape index (κ2) is 7.87. The number of hydrogen-bond donors (Lipinski definition) is 0. The lowest BCUT2D eigenvalue weighted by molar-refractivity contribution is 0.297. The maximum atomic E-state index is 13.1. The van der Waals surface area contributed by atoms with Gasteiger partial charge in [-0.05, 0) is 55.5 Å². The van der Waals surface area contributed by atoms with E-state index in [9.17, 15) is 4.79 Å². The van der Waals surface area contributed by atoms with E-state index in [0.717, 1.165) is 11.3 Å². The molecule has 0 radical (unpaired) electrons. The number of halogens is 1. The molecule has 0 saturated heterocycles. The van der Waals surface area contributed by atoms with Crippen LogP contribution < -0.4 is 10.3 Å². The molecule has 5 heteroatoms. The van der Waals surface area contributed by atoms with Crippen LogP contribution in [0.15, 0.2) is 77.6 Å². The Morgan fingerprint density at radius 2 is 1.68 bits per heavy atom. The predicted octanol–water partition coefficient (Wildman–Crippen LogP) is 5.10. The van der Waals surface area contributed by atoms with Crippen LogP contribution in [0.4, 0.5) is 0 Å². The Kier molecular flexibility index (Phi) is 5.13. The monoisotopic (exact) mass is 390 g/mol. The van der Waals surface area contributed by atoms with Gasteiger partial charge in [-0.1, -0.05) is 41.4 Å². The summed E-state index contributed by atoms with van der Waals surface area (Å²) in [5, 5.41) is 1.23. The number of aromatic nitrogens is 2. The molecule has 4 nitrogen and oxygen atoms in total. The number of rotatable bonds is 5. The molecule has 140 valence electrons. The summed E-state index contributed by atoms with van der Waals surface area (Å²) >= 11 is 6.02. The van der Waals surface area contributed by atoms with Gasteiger partial charge in [0.1, 0.15) is 18.2 Å². The first kappa shape index (κ1) is 18.3. The molecule has 0 saturated carbocycles. The number of nitrogens with zero attached hydrogens (tertiary/aromatic N) is 2. The number of para-hydroxylation sites is 1. The fourth-order valence-electron chi connectivity index (χ4n) is 3.08. The number of aryl methyl sites for hydroxylation is 1. The van der Waals surface area contributed by atoms with Gasteiger partial charge in [0.05, 0.1) is 17.4 Å². The fraction of sp³-hybridized carbons (Fsp3) is 0.130. The van der Waals surface area contributed by atoms with Crippen molar-refractivity contribution in [3.05, 3.63) is 93.7 Å². The van der Waals surface area contributed by atoms with Gasteiger partial charge in [0.2, 0.25) is 0 Å². The highest BCUT2D eigenvalue weighted by molar-refractivity contribution is 6.30. The molecule has 0 aliphatic rings. The Balaban J connectivity index is 1.71. The Hall–Kier alpha value is -3.11. The normalized spacial score (nSPS) is 10.9. The Morgan fingerprint density at radius 3 is 2.43 bits per heavy atom. The van der Waals surface area contributed by atoms with Crippen molar-refractivity contribution < 1.29 is 4.74 Å². The smallest absolute Gasteiger partial charge is 0.261 e. The zero-order chi connectivity index (χ0) is 19.5. The first-order valence-corrected chi connectivity index (χ1v) is 9.44. The SMILES string of the molecule is Cc1ccc(OCCn2c(-c3ccc(Cl)cc3)nc3ccccc3c2=O)cc1. The van der Waals surface area contributed by atoms with Crippen LogP contribution in [0.5, 0.6) is 5.75 Å². The molecular formula is C23H19ClN2O2. The van der Waals surface area contributed by atoms with Gasteiger partial charge in [-0.25, -0.2) is 4.98 Å². The van der Waals surface area contributed by atoms with Crippen molar-refractivity contribution in [1.82, 2.24) is 9.55 Å². The van der Waals surface area contributed by atoms with Gasteiger partial charge < -0.3 is 4.74 Å². The molecule has 4 aromatic rings. The molecular weight excluding hydrogens is 372 g/mol. The van der Waals surface area contributed by atoms with Crippen molar-refractivity contribution in [3.8, 4) is 17.1 Å². The van der Waals surface area contributed by atoms with Crippen molar-refractivity contribution in [1.29, 1.82) is 0 Å². The van der Waals surface area contributed by atoms with E-state index in [2.05, 4.69) is 0 Å². The van der Waals surface area contributed by atoms with Gasteiger partial charge in [0.15, 0.2) is 0 Å². The maximum Gasteiger partial charge on any atom is 0.261 e. The van der Waals surface area contributed by atoms with E-state index < -0.39 is 0 Å². The summed E-state index contributed by atoms with van der Waals surface area (Å²) in [6, 6.07) is 22.6. The quantitative estimate of drug-likeness (QED) is 0.476. The molecule has 0 fully saturated rings. The molecule has 1 aromatic heterocycles. The Labute approximate surface area is 168 Å².